The molecule has 0 saturated heterocycles. The highest BCUT2D eigenvalue weighted by molar-refractivity contribution is 6.50. The van der Waals surface area contributed by atoms with E-state index in [1.165, 1.54) is 0 Å². The lowest BCUT2D eigenvalue weighted by Crippen LogP contribution is -2.22. The number of H-pyrrole nitrogens is 1. The number of aromatic amines is 1. The van der Waals surface area contributed by atoms with Gasteiger partial charge in [0.2, 0.25) is 0 Å². The van der Waals surface area contributed by atoms with Crippen molar-refractivity contribution in [3.63, 3.8) is 0 Å². The van der Waals surface area contributed by atoms with Crippen molar-refractivity contribution in [1.29, 1.82) is 0 Å². The van der Waals surface area contributed by atoms with Crippen molar-refractivity contribution in [2.24, 2.45) is 0 Å². The third-order valence-electron chi connectivity index (χ3n) is 4.27. The number of imide groups is 1. The molecule has 1 aliphatic heterocycles. The fourth-order valence-corrected chi connectivity index (χ4v) is 3.17. The van der Waals surface area contributed by atoms with Crippen LogP contribution < -0.4 is 10.1 Å². The molecule has 0 bridgehead atoms. The second-order valence-electron chi connectivity index (χ2n) is 5.88. The molecule has 130 valence electrons. The van der Waals surface area contributed by atoms with E-state index in [0.717, 1.165) is 10.9 Å². The molecule has 6 nitrogen and oxygen atoms in total. The summed E-state index contributed by atoms with van der Waals surface area (Å²) in [5.41, 5.74) is 2.81. The van der Waals surface area contributed by atoms with Crippen LogP contribution in [0.25, 0.3) is 22.0 Å². The summed E-state index contributed by atoms with van der Waals surface area (Å²) < 4.78 is 5.42. The van der Waals surface area contributed by atoms with Crippen LogP contribution >= 0.6 is 0 Å². The summed E-state index contributed by atoms with van der Waals surface area (Å²) in [5, 5.41) is 12.2. The maximum Gasteiger partial charge on any atom is 0.259 e. The Morgan fingerprint density at radius 1 is 0.962 bits per heavy atom. The van der Waals surface area contributed by atoms with E-state index in [-0.39, 0.29) is 13.2 Å². The summed E-state index contributed by atoms with van der Waals surface area (Å²) in [4.78, 5) is 28.1. The van der Waals surface area contributed by atoms with E-state index in [9.17, 15) is 9.59 Å². The quantitative estimate of drug-likeness (QED) is 0.616. The fraction of sp³-hybridized carbons (Fsp3) is 0.100. The average Bonchev–Trinajstić information content (AvgIpc) is 3.20. The first kappa shape index (κ1) is 16.1. The number of ether oxygens (including phenoxy) is 1. The van der Waals surface area contributed by atoms with Crippen LogP contribution in [-0.4, -0.2) is 35.1 Å². The molecular weight excluding hydrogens is 332 g/mol. The molecule has 2 amide bonds. The monoisotopic (exact) mass is 348 g/mol. The number of carbonyl (C=O) groups excluding carboxylic acids is 2. The predicted octanol–water partition coefficient (Wildman–Crippen LogP) is 2.11. The van der Waals surface area contributed by atoms with Crippen LogP contribution in [0.4, 0.5) is 0 Å². The Morgan fingerprint density at radius 2 is 1.77 bits per heavy atom. The van der Waals surface area contributed by atoms with Gasteiger partial charge < -0.3 is 14.8 Å². The summed E-state index contributed by atoms with van der Waals surface area (Å²) in [6.45, 7) is 0.0510. The number of fused-ring (bicyclic) bond motifs is 1. The number of carbonyl (C=O) groups is 2. The van der Waals surface area contributed by atoms with Crippen molar-refractivity contribution in [1.82, 2.24) is 10.3 Å². The van der Waals surface area contributed by atoms with Crippen LogP contribution in [0.3, 0.4) is 0 Å². The Balaban J connectivity index is 1.88. The number of amides is 2. The molecule has 0 spiro atoms. The average molecular weight is 348 g/mol. The highest BCUT2D eigenvalue weighted by atomic mass is 16.5. The van der Waals surface area contributed by atoms with Crippen LogP contribution in [0.2, 0.25) is 0 Å². The zero-order valence-corrected chi connectivity index (χ0v) is 13.8. The molecule has 3 aromatic rings. The molecule has 3 N–H and O–H groups in total. The lowest BCUT2D eigenvalue weighted by Gasteiger charge is -2.08. The van der Waals surface area contributed by atoms with Crippen LogP contribution in [0.5, 0.6) is 5.75 Å². The highest BCUT2D eigenvalue weighted by Crippen LogP contribution is 2.35. The van der Waals surface area contributed by atoms with Crippen LogP contribution in [0, 0.1) is 0 Å². The summed E-state index contributed by atoms with van der Waals surface area (Å²) in [6.07, 6.45) is 1.74. The standard InChI is InChI=1S/C20H16N2O4/c23-8-9-26-13-5-3-4-12(10-13)17-18(20(25)22-19(17)24)15-11-21-16-7-2-1-6-14(15)16/h1-7,10-11,21,23H,8-9H2,(H,22,24,25). The van der Waals surface area contributed by atoms with Gasteiger partial charge in [-0.25, -0.2) is 0 Å². The second kappa shape index (κ2) is 6.50. The van der Waals surface area contributed by atoms with Gasteiger partial charge in [-0.05, 0) is 23.8 Å². The number of aromatic nitrogens is 1. The molecule has 1 aliphatic rings. The first-order valence-electron chi connectivity index (χ1n) is 8.19. The van der Waals surface area contributed by atoms with E-state index < -0.39 is 11.8 Å². The normalized spacial score (nSPS) is 14.2. The van der Waals surface area contributed by atoms with E-state index in [1.54, 1.807) is 30.5 Å². The molecule has 1 aromatic heterocycles. The Hall–Kier alpha value is -3.38. The van der Waals surface area contributed by atoms with Gasteiger partial charge in [-0.3, -0.25) is 14.9 Å². The van der Waals surface area contributed by atoms with Gasteiger partial charge in [0.05, 0.1) is 17.8 Å². The minimum Gasteiger partial charge on any atom is -0.491 e. The number of hydrogen-bond donors (Lipinski definition) is 3. The van der Waals surface area contributed by atoms with E-state index in [2.05, 4.69) is 10.3 Å². The van der Waals surface area contributed by atoms with Crippen LogP contribution in [0.15, 0.2) is 54.7 Å². The Labute approximate surface area is 149 Å². The number of aliphatic hydroxyl groups is 1. The van der Waals surface area contributed by atoms with E-state index in [0.29, 0.717) is 28.0 Å². The summed E-state index contributed by atoms with van der Waals surface area (Å²) in [6, 6.07) is 14.5. The van der Waals surface area contributed by atoms with Gasteiger partial charge in [0.25, 0.3) is 11.8 Å². The van der Waals surface area contributed by atoms with Gasteiger partial charge in [0.15, 0.2) is 0 Å². The number of nitrogens with one attached hydrogen (secondary N) is 2. The summed E-state index contributed by atoms with van der Waals surface area (Å²) >= 11 is 0. The topological polar surface area (TPSA) is 91.4 Å². The van der Waals surface area contributed by atoms with Crippen molar-refractivity contribution in [3.05, 3.63) is 65.9 Å². The molecule has 0 radical (unpaired) electrons. The molecule has 4 rings (SSSR count). The molecule has 26 heavy (non-hydrogen) atoms. The van der Waals surface area contributed by atoms with Crippen molar-refractivity contribution in [3.8, 4) is 5.75 Å². The van der Waals surface area contributed by atoms with E-state index in [1.807, 2.05) is 24.3 Å². The third kappa shape index (κ3) is 2.66. The van der Waals surface area contributed by atoms with Crippen LogP contribution in [0.1, 0.15) is 11.1 Å². The summed E-state index contributed by atoms with van der Waals surface area (Å²) in [5.74, 6) is -0.333. The van der Waals surface area contributed by atoms with Gasteiger partial charge in [-0.15, -0.1) is 0 Å². The molecule has 0 fully saturated rings. The Kier molecular flexibility index (Phi) is 4.02. The smallest absolute Gasteiger partial charge is 0.259 e. The molecule has 0 atom stereocenters. The highest BCUT2D eigenvalue weighted by Gasteiger charge is 2.33. The van der Waals surface area contributed by atoms with Gasteiger partial charge >= 0.3 is 0 Å². The lowest BCUT2D eigenvalue weighted by molar-refractivity contribution is -0.122. The minimum atomic E-state index is -0.436. The number of rotatable bonds is 5. The van der Waals surface area contributed by atoms with Crippen LogP contribution in [-0.2, 0) is 9.59 Å². The first-order valence-corrected chi connectivity index (χ1v) is 8.19. The van der Waals surface area contributed by atoms with Gasteiger partial charge in [0, 0.05) is 22.7 Å². The molecule has 2 aromatic carbocycles. The Morgan fingerprint density at radius 3 is 2.62 bits per heavy atom. The predicted molar refractivity (Wildman–Crippen MR) is 97.3 cm³/mol. The zero-order valence-electron chi connectivity index (χ0n) is 13.8. The largest absolute Gasteiger partial charge is 0.491 e. The number of aliphatic hydroxyl groups excluding tert-OH is 1. The van der Waals surface area contributed by atoms with Crippen molar-refractivity contribution in [2.75, 3.05) is 13.2 Å². The zero-order chi connectivity index (χ0) is 18.1. The molecule has 0 saturated carbocycles. The maximum atomic E-state index is 12.5. The lowest BCUT2D eigenvalue weighted by atomic mass is 9.96. The molecular formula is C20H16N2O4. The van der Waals surface area contributed by atoms with E-state index >= 15 is 0 Å². The third-order valence-corrected chi connectivity index (χ3v) is 4.27. The van der Waals surface area contributed by atoms with Crippen molar-refractivity contribution < 1.29 is 19.4 Å². The first-order chi connectivity index (χ1) is 12.7. The number of benzene rings is 2. The van der Waals surface area contributed by atoms with Crippen molar-refractivity contribution in [2.45, 2.75) is 0 Å². The molecule has 2 heterocycles. The van der Waals surface area contributed by atoms with Gasteiger partial charge in [-0.1, -0.05) is 30.3 Å². The molecule has 0 aliphatic carbocycles. The van der Waals surface area contributed by atoms with E-state index in [4.69, 9.17) is 9.84 Å². The minimum absolute atomic E-state index is 0.105. The molecule has 0 unspecified atom stereocenters. The van der Waals surface area contributed by atoms with Gasteiger partial charge in [-0.2, -0.15) is 0 Å². The summed E-state index contributed by atoms with van der Waals surface area (Å²) in [7, 11) is 0. The SMILES string of the molecule is O=C1NC(=O)C(c2c[nH]c3ccccc23)=C1c1cccc(OCCO)c1. The fourth-order valence-electron chi connectivity index (χ4n) is 3.17. The maximum absolute atomic E-state index is 12.5. The molecule has 6 heteroatoms. The number of para-hydroxylation sites is 1. The van der Waals surface area contributed by atoms with Gasteiger partial charge in [0.1, 0.15) is 12.4 Å². The Bertz CT molecular complexity index is 1050. The van der Waals surface area contributed by atoms with Crippen molar-refractivity contribution >= 4 is 33.9 Å². The number of hydrogen-bond acceptors (Lipinski definition) is 4. The second-order valence-corrected chi connectivity index (χ2v) is 5.88.